The molecule has 0 spiro atoms. The molecule has 0 radical (unpaired) electrons. The summed E-state index contributed by atoms with van der Waals surface area (Å²) in [6, 6.07) is 2.11. The van der Waals surface area contributed by atoms with Crippen LogP contribution in [-0.2, 0) is 6.42 Å². The summed E-state index contributed by atoms with van der Waals surface area (Å²) >= 11 is 1.18. The maximum atomic E-state index is 11.1. The smallest absolute Gasteiger partial charge is 0.346 e. The van der Waals surface area contributed by atoms with Crippen LogP contribution in [0.1, 0.15) is 34.6 Å². The number of anilines is 1. The van der Waals surface area contributed by atoms with Crippen LogP contribution < -0.4 is 4.90 Å². The van der Waals surface area contributed by atoms with E-state index in [0.29, 0.717) is 17.5 Å². The number of carboxylic acids is 1. The van der Waals surface area contributed by atoms with Crippen LogP contribution in [0, 0.1) is 11.3 Å². The molecule has 1 aromatic heterocycles. The quantitative estimate of drug-likeness (QED) is 0.874. The molecule has 5 heteroatoms. The van der Waals surface area contributed by atoms with Gasteiger partial charge < -0.3 is 10.0 Å². The fraction of sp³-hybridized carbons (Fsp3) is 0.455. The topological polar surface area (TPSA) is 64.3 Å². The number of nitrogens with zero attached hydrogens (tertiary/aromatic N) is 2. The monoisotopic (exact) mass is 238 g/mol. The van der Waals surface area contributed by atoms with Crippen molar-refractivity contribution in [3.8, 4) is 6.07 Å². The maximum Gasteiger partial charge on any atom is 0.346 e. The largest absolute Gasteiger partial charge is 0.477 e. The first-order valence-corrected chi connectivity index (χ1v) is 5.88. The molecule has 1 rings (SSSR count). The van der Waals surface area contributed by atoms with E-state index in [2.05, 4.69) is 6.07 Å². The molecule has 0 saturated carbocycles. The van der Waals surface area contributed by atoms with Gasteiger partial charge in [-0.1, -0.05) is 6.92 Å². The highest BCUT2D eigenvalue weighted by molar-refractivity contribution is 7.18. The van der Waals surface area contributed by atoms with Gasteiger partial charge in [-0.2, -0.15) is 5.26 Å². The standard InChI is InChI=1S/C11H14N2O2S/c1-4-7-8(6-12)10(13(3)5-2)16-9(7)11(14)15/h4-5H2,1-3H3,(H,14,15). The van der Waals surface area contributed by atoms with E-state index in [1.165, 1.54) is 11.3 Å². The SMILES string of the molecule is CCc1c(C(=O)O)sc(N(C)CC)c1C#N. The molecule has 1 heterocycles. The molecule has 16 heavy (non-hydrogen) atoms. The Morgan fingerprint density at radius 1 is 1.56 bits per heavy atom. The summed E-state index contributed by atoms with van der Waals surface area (Å²) in [6.07, 6.45) is 0.568. The molecule has 0 amide bonds. The van der Waals surface area contributed by atoms with E-state index in [4.69, 9.17) is 10.4 Å². The maximum absolute atomic E-state index is 11.1. The van der Waals surface area contributed by atoms with E-state index in [1.54, 1.807) is 0 Å². The van der Waals surface area contributed by atoms with Gasteiger partial charge in [-0.15, -0.1) is 11.3 Å². The molecule has 0 aliphatic rings. The van der Waals surface area contributed by atoms with Gasteiger partial charge >= 0.3 is 5.97 Å². The van der Waals surface area contributed by atoms with Crippen molar-refractivity contribution in [1.82, 2.24) is 0 Å². The molecule has 0 atom stereocenters. The van der Waals surface area contributed by atoms with Gasteiger partial charge in [0, 0.05) is 13.6 Å². The number of aromatic carboxylic acids is 1. The van der Waals surface area contributed by atoms with Gasteiger partial charge in [0.05, 0.1) is 5.56 Å². The number of carboxylic acid groups (broad SMARTS) is 1. The van der Waals surface area contributed by atoms with Gasteiger partial charge in [-0.3, -0.25) is 0 Å². The van der Waals surface area contributed by atoms with Gasteiger partial charge in [0.2, 0.25) is 0 Å². The van der Waals surface area contributed by atoms with E-state index in [0.717, 1.165) is 11.5 Å². The highest BCUT2D eigenvalue weighted by Crippen LogP contribution is 2.35. The van der Waals surface area contributed by atoms with Crippen LogP contribution in [0.2, 0.25) is 0 Å². The average Bonchev–Trinajstić information content (AvgIpc) is 2.66. The summed E-state index contributed by atoms with van der Waals surface area (Å²) in [7, 11) is 1.86. The lowest BCUT2D eigenvalue weighted by molar-refractivity contribution is 0.0701. The minimum atomic E-state index is -0.950. The summed E-state index contributed by atoms with van der Waals surface area (Å²) in [5, 5.41) is 18.9. The first kappa shape index (κ1) is 12.5. The Bertz CT molecular complexity index is 446. The predicted octanol–water partition coefficient (Wildman–Crippen LogP) is 2.34. The second kappa shape index (κ2) is 4.99. The minimum Gasteiger partial charge on any atom is -0.477 e. The molecule has 86 valence electrons. The van der Waals surface area contributed by atoms with Crippen molar-refractivity contribution in [3.63, 3.8) is 0 Å². The van der Waals surface area contributed by atoms with Crippen molar-refractivity contribution >= 4 is 22.3 Å². The number of nitriles is 1. The van der Waals surface area contributed by atoms with Crippen molar-refractivity contribution in [2.24, 2.45) is 0 Å². The normalized spacial score (nSPS) is 9.88. The van der Waals surface area contributed by atoms with Crippen LogP contribution in [-0.4, -0.2) is 24.7 Å². The van der Waals surface area contributed by atoms with Crippen LogP contribution in [0.4, 0.5) is 5.00 Å². The van der Waals surface area contributed by atoms with Crippen molar-refractivity contribution in [1.29, 1.82) is 5.26 Å². The van der Waals surface area contributed by atoms with E-state index in [9.17, 15) is 4.79 Å². The number of hydrogen-bond donors (Lipinski definition) is 1. The number of thiophene rings is 1. The molecule has 0 bridgehead atoms. The summed E-state index contributed by atoms with van der Waals surface area (Å²) in [4.78, 5) is 13.2. The van der Waals surface area contributed by atoms with Crippen LogP contribution in [0.5, 0.6) is 0 Å². The molecule has 0 unspecified atom stereocenters. The van der Waals surface area contributed by atoms with E-state index in [-0.39, 0.29) is 4.88 Å². The molecule has 0 aromatic carbocycles. The van der Waals surface area contributed by atoms with Crippen LogP contribution >= 0.6 is 11.3 Å². The minimum absolute atomic E-state index is 0.286. The Morgan fingerprint density at radius 3 is 2.56 bits per heavy atom. The Labute approximate surface area is 98.7 Å². The molecule has 0 aliphatic carbocycles. The van der Waals surface area contributed by atoms with E-state index in [1.807, 2.05) is 25.8 Å². The summed E-state index contributed by atoms with van der Waals surface area (Å²) in [5.41, 5.74) is 1.16. The lowest BCUT2D eigenvalue weighted by atomic mass is 10.1. The second-order valence-electron chi connectivity index (χ2n) is 3.37. The summed E-state index contributed by atoms with van der Waals surface area (Å²) in [6.45, 7) is 4.58. The van der Waals surface area contributed by atoms with Gasteiger partial charge in [-0.05, 0) is 18.9 Å². The summed E-state index contributed by atoms with van der Waals surface area (Å²) < 4.78 is 0. The highest BCUT2D eigenvalue weighted by Gasteiger charge is 2.22. The van der Waals surface area contributed by atoms with E-state index >= 15 is 0 Å². The van der Waals surface area contributed by atoms with Gasteiger partial charge in [0.15, 0.2) is 0 Å². The van der Waals surface area contributed by atoms with Crippen LogP contribution in [0.15, 0.2) is 0 Å². The molecule has 1 N–H and O–H groups in total. The highest BCUT2D eigenvalue weighted by atomic mass is 32.1. The molecular formula is C11H14N2O2S. The zero-order chi connectivity index (χ0) is 12.3. The van der Waals surface area contributed by atoms with Crippen molar-refractivity contribution in [3.05, 3.63) is 16.0 Å². The Balaban J connectivity index is 3.42. The Morgan fingerprint density at radius 2 is 2.19 bits per heavy atom. The molecule has 0 aliphatic heterocycles. The average molecular weight is 238 g/mol. The Kier molecular flexibility index (Phi) is 3.91. The number of hydrogen-bond acceptors (Lipinski definition) is 4. The number of rotatable bonds is 4. The van der Waals surface area contributed by atoms with Crippen LogP contribution in [0.3, 0.4) is 0 Å². The summed E-state index contributed by atoms with van der Waals surface area (Å²) in [5.74, 6) is -0.950. The van der Waals surface area contributed by atoms with Crippen molar-refractivity contribution < 1.29 is 9.90 Å². The molecular weight excluding hydrogens is 224 g/mol. The second-order valence-corrected chi connectivity index (χ2v) is 4.37. The fourth-order valence-corrected chi connectivity index (χ4v) is 2.70. The van der Waals surface area contributed by atoms with Crippen LogP contribution in [0.25, 0.3) is 0 Å². The third-order valence-electron chi connectivity index (χ3n) is 2.47. The molecule has 4 nitrogen and oxygen atoms in total. The zero-order valence-corrected chi connectivity index (χ0v) is 10.4. The van der Waals surface area contributed by atoms with Gasteiger partial charge in [0.1, 0.15) is 15.9 Å². The first-order chi connectivity index (χ1) is 7.56. The molecule has 0 fully saturated rings. The van der Waals surface area contributed by atoms with Gasteiger partial charge in [-0.25, -0.2) is 4.79 Å². The zero-order valence-electron chi connectivity index (χ0n) is 9.57. The van der Waals surface area contributed by atoms with Crippen molar-refractivity contribution in [2.45, 2.75) is 20.3 Å². The molecule has 1 aromatic rings. The third-order valence-corrected chi connectivity index (χ3v) is 3.80. The predicted molar refractivity (Wildman–Crippen MR) is 64.3 cm³/mol. The third kappa shape index (κ3) is 2.02. The lowest BCUT2D eigenvalue weighted by Crippen LogP contribution is -2.15. The fourth-order valence-electron chi connectivity index (χ4n) is 1.49. The molecule has 0 saturated heterocycles. The number of carbonyl (C=O) groups is 1. The first-order valence-electron chi connectivity index (χ1n) is 5.06. The lowest BCUT2D eigenvalue weighted by Gasteiger charge is -2.14. The van der Waals surface area contributed by atoms with Crippen molar-refractivity contribution in [2.75, 3.05) is 18.5 Å². The van der Waals surface area contributed by atoms with Gasteiger partial charge in [0.25, 0.3) is 0 Å². The van der Waals surface area contributed by atoms with E-state index < -0.39 is 5.97 Å². The Hall–Kier alpha value is -1.54.